The number of nitrogens with zero attached hydrogens (tertiary/aromatic N) is 2. The van der Waals surface area contributed by atoms with Crippen molar-refractivity contribution in [2.24, 2.45) is 0 Å². The van der Waals surface area contributed by atoms with Crippen LogP contribution in [0.15, 0.2) is 72.8 Å². The molecule has 0 bridgehead atoms. The van der Waals surface area contributed by atoms with E-state index in [9.17, 15) is 4.79 Å². The van der Waals surface area contributed by atoms with Gasteiger partial charge in [0.15, 0.2) is 0 Å². The number of aryl methyl sites for hydroxylation is 1. The molecule has 0 aliphatic heterocycles. The maximum Gasteiger partial charge on any atom is 0.224 e. The Kier molecular flexibility index (Phi) is 8.65. The van der Waals surface area contributed by atoms with Crippen LogP contribution in [0.2, 0.25) is 0 Å². The first kappa shape index (κ1) is 26.5. The highest BCUT2D eigenvalue weighted by Gasteiger charge is 2.14. The molecule has 5 nitrogen and oxygen atoms in total. The molecule has 0 aliphatic rings. The molecule has 0 saturated heterocycles. The van der Waals surface area contributed by atoms with E-state index < -0.39 is 0 Å². The van der Waals surface area contributed by atoms with Gasteiger partial charge in [-0.05, 0) is 59.2 Å². The summed E-state index contributed by atoms with van der Waals surface area (Å²) in [5, 5.41) is 3.05. The van der Waals surface area contributed by atoms with Gasteiger partial charge < -0.3 is 14.6 Å². The number of amides is 1. The second-order valence-electron chi connectivity index (χ2n) is 10.7. The van der Waals surface area contributed by atoms with E-state index in [4.69, 9.17) is 9.72 Å². The number of aromatic nitrogens is 2. The molecule has 1 N–H and O–H groups in total. The highest BCUT2D eigenvalue weighted by Crippen LogP contribution is 2.24. The zero-order valence-electron chi connectivity index (χ0n) is 22.6. The Hall–Kier alpha value is -3.60. The first-order valence-corrected chi connectivity index (χ1v) is 13.3. The average molecular weight is 498 g/mol. The summed E-state index contributed by atoms with van der Waals surface area (Å²) in [6, 6.07) is 25.0. The Morgan fingerprint density at radius 3 is 2.30 bits per heavy atom. The van der Waals surface area contributed by atoms with Gasteiger partial charge >= 0.3 is 0 Å². The van der Waals surface area contributed by atoms with Crippen LogP contribution in [0.25, 0.3) is 11.0 Å². The Morgan fingerprint density at radius 2 is 1.59 bits per heavy atom. The molecule has 1 heterocycles. The molecule has 194 valence electrons. The standard InChI is InChI=1S/C32H39N3O2/c1-32(2,3)26-17-13-25(14-18-26)23-35-29-11-8-7-10-28(29)34-30(35)12-6-5-9-21-33-31(36)22-24-15-19-27(37-4)20-16-24/h7-8,10-11,13-20H,5-6,9,12,21-23H2,1-4H3,(H,33,36). The van der Waals surface area contributed by atoms with Gasteiger partial charge in [0.25, 0.3) is 0 Å². The molecule has 0 spiro atoms. The number of hydrogen-bond acceptors (Lipinski definition) is 3. The van der Waals surface area contributed by atoms with E-state index in [1.807, 2.05) is 24.3 Å². The molecule has 37 heavy (non-hydrogen) atoms. The van der Waals surface area contributed by atoms with Gasteiger partial charge in [0.2, 0.25) is 5.91 Å². The van der Waals surface area contributed by atoms with Crippen LogP contribution in [0.1, 0.15) is 62.5 Å². The van der Waals surface area contributed by atoms with Crippen molar-refractivity contribution in [3.8, 4) is 5.75 Å². The van der Waals surface area contributed by atoms with E-state index in [1.54, 1.807) is 7.11 Å². The number of hydrogen-bond donors (Lipinski definition) is 1. The van der Waals surface area contributed by atoms with Crippen molar-refractivity contribution in [2.75, 3.05) is 13.7 Å². The van der Waals surface area contributed by atoms with E-state index >= 15 is 0 Å². The molecule has 0 aliphatic carbocycles. The Labute approximate surface area is 220 Å². The van der Waals surface area contributed by atoms with Crippen LogP contribution in [0, 0.1) is 0 Å². The van der Waals surface area contributed by atoms with Gasteiger partial charge in [-0.2, -0.15) is 0 Å². The molecular weight excluding hydrogens is 458 g/mol. The lowest BCUT2D eigenvalue weighted by molar-refractivity contribution is -0.120. The number of methoxy groups -OCH3 is 1. The van der Waals surface area contributed by atoms with Crippen molar-refractivity contribution in [3.63, 3.8) is 0 Å². The third-order valence-corrected chi connectivity index (χ3v) is 6.82. The van der Waals surface area contributed by atoms with Crippen LogP contribution >= 0.6 is 0 Å². The van der Waals surface area contributed by atoms with Crippen molar-refractivity contribution >= 4 is 16.9 Å². The molecule has 0 unspecified atom stereocenters. The van der Waals surface area contributed by atoms with E-state index in [1.165, 1.54) is 16.6 Å². The van der Waals surface area contributed by atoms with Crippen molar-refractivity contribution in [1.82, 2.24) is 14.9 Å². The molecule has 1 amide bonds. The molecule has 5 heteroatoms. The number of imidazole rings is 1. The summed E-state index contributed by atoms with van der Waals surface area (Å²) in [4.78, 5) is 17.2. The SMILES string of the molecule is COc1ccc(CC(=O)NCCCCCc2nc3ccccc3n2Cc2ccc(C(C)(C)C)cc2)cc1. The van der Waals surface area contributed by atoms with Gasteiger partial charge in [0.1, 0.15) is 11.6 Å². The average Bonchev–Trinajstić information content (AvgIpc) is 3.23. The Morgan fingerprint density at radius 1 is 0.892 bits per heavy atom. The molecule has 1 aromatic heterocycles. The van der Waals surface area contributed by atoms with E-state index in [-0.39, 0.29) is 11.3 Å². The molecule has 0 fully saturated rings. The van der Waals surface area contributed by atoms with Gasteiger partial charge in [-0.25, -0.2) is 4.98 Å². The molecule has 0 radical (unpaired) electrons. The number of carbonyl (C=O) groups is 1. The van der Waals surface area contributed by atoms with Crippen molar-refractivity contribution in [2.45, 2.75) is 64.8 Å². The molecule has 4 aromatic rings. The fourth-order valence-electron chi connectivity index (χ4n) is 4.59. The third-order valence-electron chi connectivity index (χ3n) is 6.82. The summed E-state index contributed by atoms with van der Waals surface area (Å²) in [5.41, 5.74) is 6.02. The molecule has 0 atom stereocenters. The van der Waals surface area contributed by atoms with Gasteiger partial charge in [0, 0.05) is 19.5 Å². The number of para-hydroxylation sites is 2. The van der Waals surface area contributed by atoms with Gasteiger partial charge in [0.05, 0.1) is 24.6 Å². The summed E-state index contributed by atoms with van der Waals surface area (Å²) in [5.74, 6) is 1.99. The fourth-order valence-corrected chi connectivity index (χ4v) is 4.59. The summed E-state index contributed by atoms with van der Waals surface area (Å²) in [6.45, 7) is 8.26. The number of nitrogens with one attached hydrogen (secondary N) is 1. The number of ether oxygens (including phenoxy) is 1. The zero-order chi connectivity index (χ0) is 26.3. The zero-order valence-corrected chi connectivity index (χ0v) is 22.6. The first-order chi connectivity index (χ1) is 17.8. The van der Waals surface area contributed by atoms with E-state index in [2.05, 4.69) is 79.2 Å². The number of carbonyl (C=O) groups excluding carboxylic acids is 1. The summed E-state index contributed by atoms with van der Waals surface area (Å²) >= 11 is 0. The molecule has 3 aromatic carbocycles. The van der Waals surface area contributed by atoms with E-state index in [0.29, 0.717) is 13.0 Å². The smallest absolute Gasteiger partial charge is 0.224 e. The molecular formula is C32H39N3O2. The first-order valence-electron chi connectivity index (χ1n) is 13.3. The van der Waals surface area contributed by atoms with Gasteiger partial charge in [-0.1, -0.05) is 75.7 Å². The number of fused-ring (bicyclic) bond motifs is 1. The minimum atomic E-state index is 0.0597. The highest BCUT2D eigenvalue weighted by molar-refractivity contribution is 5.78. The largest absolute Gasteiger partial charge is 0.497 e. The van der Waals surface area contributed by atoms with Crippen LogP contribution in [-0.2, 0) is 29.6 Å². The lowest BCUT2D eigenvalue weighted by Crippen LogP contribution is -2.26. The predicted molar refractivity (Wildman–Crippen MR) is 151 cm³/mol. The topological polar surface area (TPSA) is 56.1 Å². The quantitative estimate of drug-likeness (QED) is 0.242. The van der Waals surface area contributed by atoms with Crippen molar-refractivity contribution < 1.29 is 9.53 Å². The minimum Gasteiger partial charge on any atom is -0.497 e. The molecule has 0 saturated carbocycles. The summed E-state index contributed by atoms with van der Waals surface area (Å²) in [7, 11) is 1.64. The Bertz CT molecular complexity index is 1300. The highest BCUT2D eigenvalue weighted by atomic mass is 16.5. The predicted octanol–water partition coefficient (Wildman–Crippen LogP) is 6.46. The monoisotopic (exact) mass is 497 g/mol. The maximum atomic E-state index is 12.3. The van der Waals surface area contributed by atoms with Gasteiger partial charge in [-0.3, -0.25) is 4.79 Å². The lowest BCUT2D eigenvalue weighted by atomic mass is 9.87. The number of benzene rings is 3. The lowest BCUT2D eigenvalue weighted by Gasteiger charge is -2.19. The normalized spacial score (nSPS) is 11.6. The van der Waals surface area contributed by atoms with Crippen LogP contribution < -0.4 is 10.1 Å². The van der Waals surface area contributed by atoms with Crippen LogP contribution in [0.4, 0.5) is 0 Å². The summed E-state index contributed by atoms with van der Waals surface area (Å²) in [6.07, 6.45) is 4.37. The minimum absolute atomic E-state index is 0.0597. The maximum absolute atomic E-state index is 12.3. The second-order valence-corrected chi connectivity index (χ2v) is 10.7. The second kappa shape index (κ2) is 12.1. The number of rotatable bonds is 11. The fraction of sp³-hybridized carbons (Fsp3) is 0.375. The van der Waals surface area contributed by atoms with Crippen LogP contribution in [0.3, 0.4) is 0 Å². The van der Waals surface area contributed by atoms with Crippen LogP contribution in [-0.4, -0.2) is 29.1 Å². The summed E-state index contributed by atoms with van der Waals surface area (Å²) < 4.78 is 7.53. The number of unbranched alkanes of at least 4 members (excludes halogenated alkanes) is 2. The Balaban J connectivity index is 1.28. The molecule has 4 rings (SSSR count). The van der Waals surface area contributed by atoms with Crippen LogP contribution in [0.5, 0.6) is 5.75 Å². The van der Waals surface area contributed by atoms with Crippen molar-refractivity contribution in [3.05, 3.63) is 95.3 Å². The van der Waals surface area contributed by atoms with Gasteiger partial charge in [-0.15, -0.1) is 0 Å². The van der Waals surface area contributed by atoms with Crippen molar-refractivity contribution in [1.29, 1.82) is 0 Å². The third kappa shape index (κ3) is 7.22. The van der Waals surface area contributed by atoms with E-state index in [0.717, 1.165) is 54.9 Å².